The van der Waals surface area contributed by atoms with E-state index < -0.39 is 57.8 Å². The van der Waals surface area contributed by atoms with E-state index in [2.05, 4.69) is 81.5 Å². The Hall–Kier alpha value is -3.08. The van der Waals surface area contributed by atoms with E-state index in [-0.39, 0.29) is 25.9 Å². The third-order valence-electron chi connectivity index (χ3n) is 15.2. The van der Waals surface area contributed by atoms with Crippen LogP contribution in [-0.4, -0.2) is 66.5 Å². The fraction of sp³-hybridized carbons (Fsp3) is 0.792. The standard InChI is InChI=1S/C72H129O11P/c1-4-7-10-13-16-19-22-25-28-31-34-37-40-43-46-49-52-55-58-61-70(74)79-65-69(83-72(76)63-60-57-54-51-48-45-42-39-36-33-30-27-24-21-18-15-12-9-6-3)67-81-84(77,78)80-66-68(64-73)82-71(75)62-59-56-53-50-47-44-41-38-35-32-29-26-23-20-17-14-11-8-5-2/h9,12,18,21,27,30,36,39,45,48,54,57,68-69,73H,4-8,10-11,13-17,19-20,22-26,28-29,31-35,37-38,40-44,46-47,49-53,55-56,58-67H2,1-3H3,(H,77,78)/b12-9-,21-18-,30-27-,39-36-,48-45-,57-54-. The number of hydrogen-bond acceptors (Lipinski definition) is 10. The van der Waals surface area contributed by atoms with E-state index >= 15 is 0 Å². The molecule has 0 rings (SSSR count). The molecular formula is C72H129O11P. The molecule has 0 aliphatic rings. The van der Waals surface area contributed by atoms with Crippen LogP contribution in [0, 0.1) is 0 Å². The van der Waals surface area contributed by atoms with E-state index in [1.54, 1.807) is 0 Å². The third-order valence-corrected chi connectivity index (χ3v) is 16.1. The Morgan fingerprint density at radius 2 is 0.619 bits per heavy atom. The van der Waals surface area contributed by atoms with Crippen LogP contribution in [0.25, 0.3) is 0 Å². The molecule has 0 bridgehead atoms. The van der Waals surface area contributed by atoms with Gasteiger partial charge >= 0.3 is 25.7 Å². The molecule has 0 saturated carbocycles. The lowest BCUT2D eigenvalue weighted by Gasteiger charge is -2.21. The van der Waals surface area contributed by atoms with Gasteiger partial charge in [-0.15, -0.1) is 0 Å². The lowest BCUT2D eigenvalue weighted by Crippen LogP contribution is -2.30. The largest absolute Gasteiger partial charge is 0.472 e. The van der Waals surface area contributed by atoms with Crippen LogP contribution in [0.2, 0.25) is 0 Å². The number of carbonyl (C=O) groups is 3. The lowest BCUT2D eigenvalue weighted by molar-refractivity contribution is -0.161. The SMILES string of the molecule is CC/C=C\C/C=C\C/C=C\C/C=C\C/C=C\C/C=C\CCC(=O)OC(COC(=O)CCCCCCCCCCCCCCCCCCCCC)COP(=O)(O)OCC(CO)OC(=O)CCCCCCCCCCCCCCCCCCCCC. The van der Waals surface area contributed by atoms with Gasteiger partial charge in [0, 0.05) is 19.3 Å². The molecule has 0 spiro atoms. The average Bonchev–Trinajstić information content (AvgIpc) is 3.53. The molecule has 0 aromatic carbocycles. The quantitative estimate of drug-likeness (QED) is 0.0197. The zero-order valence-electron chi connectivity index (χ0n) is 54.4. The first-order valence-electron chi connectivity index (χ1n) is 34.8. The Morgan fingerprint density at radius 1 is 0.345 bits per heavy atom. The molecule has 2 N–H and O–H groups in total. The van der Waals surface area contributed by atoms with Crippen LogP contribution >= 0.6 is 7.82 Å². The molecule has 3 unspecified atom stereocenters. The van der Waals surface area contributed by atoms with Crippen LogP contribution in [0.4, 0.5) is 0 Å². The van der Waals surface area contributed by atoms with E-state index in [9.17, 15) is 28.9 Å². The lowest BCUT2D eigenvalue weighted by atomic mass is 10.0. The van der Waals surface area contributed by atoms with Gasteiger partial charge in [-0.05, 0) is 57.8 Å². The molecule has 0 radical (unpaired) electrons. The minimum Gasteiger partial charge on any atom is -0.462 e. The topological polar surface area (TPSA) is 155 Å². The molecule has 84 heavy (non-hydrogen) atoms. The highest BCUT2D eigenvalue weighted by molar-refractivity contribution is 7.47. The fourth-order valence-corrected chi connectivity index (χ4v) is 10.7. The summed E-state index contributed by atoms with van der Waals surface area (Å²) in [6.45, 7) is 4.53. The Labute approximate surface area is 516 Å². The van der Waals surface area contributed by atoms with Crippen molar-refractivity contribution >= 4 is 25.7 Å². The monoisotopic (exact) mass is 1200 g/mol. The van der Waals surface area contributed by atoms with Crippen LogP contribution in [0.15, 0.2) is 72.9 Å². The predicted molar refractivity (Wildman–Crippen MR) is 353 cm³/mol. The summed E-state index contributed by atoms with van der Waals surface area (Å²) >= 11 is 0. The Balaban J connectivity index is 4.72. The Kier molecular flexibility index (Phi) is 63.5. The number of phosphoric acid groups is 1. The maximum Gasteiger partial charge on any atom is 0.472 e. The summed E-state index contributed by atoms with van der Waals surface area (Å²) in [6.07, 6.45) is 77.3. The van der Waals surface area contributed by atoms with Crippen LogP contribution in [0.3, 0.4) is 0 Å². The Bertz CT molecular complexity index is 1690. The van der Waals surface area contributed by atoms with Gasteiger partial charge in [-0.2, -0.15) is 0 Å². The summed E-state index contributed by atoms with van der Waals surface area (Å²) in [5.74, 6) is -1.54. The number of ether oxygens (including phenoxy) is 3. The molecule has 0 aliphatic heterocycles. The summed E-state index contributed by atoms with van der Waals surface area (Å²) in [6, 6.07) is 0. The van der Waals surface area contributed by atoms with Crippen molar-refractivity contribution in [1.82, 2.24) is 0 Å². The summed E-state index contributed by atoms with van der Waals surface area (Å²) in [7, 11) is -4.78. The van der Waals surface area contributed by atoms with Crippen LogP contribution < -0.4 is 0 Å². The number of phosphoric ester groups is 1. The summed E-state index contributed by atoms with van der Waals surface area (Å²) in [4.78, 5) is 48.8. The first-order chi connectivity index (χ1) is 41.2. The van der Waals surface area contributed by atoms with Gasteiger partial charge in [-0.25, -0.2) is 4.57 Å². The molecule has 3 atom stereocenters. The fourth-order valence-electron chi connectivity index (χ4n) is 9.92. The van der Waals surface area contributed by atoms with E-state index in [1.807, 2.05) is 12.2 Å². The number of aliphatic hydroxyl groups excluding tert-OH is 1. The second-order valence-corrected chi connectivity index (χ2v) is 24.8. The first-order valence-corrected chi connectivity index (χ1v) is 36.3. The van der Waals surface area contributed by atoms with Crippen molar-refractivity contribution in [2.24, 2.45) is 0 Å². The minimum absolute atomic E-state index is 0.0440. The zero-order chi connectivity index (χ0) is 61.2. The van der Waals surface area contributed by atoms with Gasteiger partial charge < -0.3 is 24.2 Å². The number of allylic oxidation sites excluding steroid dienone is 12. The van der Waals surface area contributed by atoms with Crippen LogP contribution in [0.5, 0.6) is 0 Å². The zero-order valence-corrected chi connectivity index (χ0v) is 55.3. The summed E-state index contributed by atoms with van der Waals surface area (Å²) in [5.41, 5.74) is 0. The van der Waals surface area contributed by atoms with Crippen LogP contribution in [-0.2, 0) is 42.2 Å². The summed E-state index contributed by atoms with van der Waals surface area (Å²) < 4.78 is 39.7. The molecule has 12 heteroatoms. The number of rotatable bonds is 65. The maximum absolute atomic E-state index is 13.0. The molecule has 0 amide bonds. The molecule has 0 saturated heterocycles. The molecule has 0 heterocycles. The molecule has 488 valence electrons. The number of unbranched alkanes of at least 4 members (excludes halogenated alkanes) is 36. The van der Waals surface area contributed by atoms with E-state index in [1.165, 1.54) is 193 Å². The highest BCUT2D eigenvalue weighted by Gasteiger charge is 2.28. The van der Waals surface area contributed by atoms with Gasteiger partial charge in [0.1, 0.15) is 12.7 Å². The smallest absolute Gasteiger partial charge is 0.462 e. The van der Waals surface area contributed by atoms with Gasteiger partial charge in [0.15, 0.2) is 6.10 Å². The number of carbonyl (C=O) groups excluding carboxylic acids is 3. The molecule has 0 aromatic heterocycles. The molecule has 11 nitrogen and oxygen atoms in total. The highest BCUT2D eigenvalue weighted by Crippen LogP contribution is 2.43. The molecular weight excluding hydrogens is 1070 g/mol. The van der Waals surface area contributed by atoms with E-state index in [0.717, 1.165) is 77.0 Å². The van der Waals surface area contributed by atoms with E-state index in [4.69, 9.17) is 23.3 Å². The highest BCUT2D eigenvalue weighted by atomic mass is 31.2. The molecule has 0 fully saturated rings. The minimum atomic E-state index is -4.78. The second kappa shape index (κ2) is 65.9. The average molecular weight is 1200 g/mol. The third kappa shape index (κ3) is 63.4. The van der Waals surface area contributed by atoms with Gasteiger partial charge in [-0.1, -0.05) is 325 Å². The van der Waals surface area contributed by atoms with Crippen molar-refractivity contribution in [2.45, 2.75) is 341 Å². The van der Waals surface area contributed by atoms with Crippen molar-refractivity contribution < 1.29 is 52.2 Å². The van der Waals surface area contributed by atoms with E-state index in [0.29, 0.717) is 19.3 Å². The van der Waals surface area contributed by atoms with Gasteiger partial charge in [0.2, 0.25) is 0 Å². The van der Waals surface area contributed by atoms with Crippen molar-refractivity contribution in [3.63, 3.8) is 0 Å². The van der Waals surface area contributed by atoms with Gasteiger partial charge in [-0.3, -0.25) is 23.4 Å². The maximum atomic E-state index is 13.0. The number of esters is 3. The van der Waals surface area contributed by atoms with Crippen LogP contribution in [0.1, 0.15) is 329 Å². The van der Waals surface area contributed by atoms with Gasteiger partial charge in [0.25, 0.3) is 0 Å². The van der Waals surface area contributed by atoms with Gasteiger partial charge in [0.05, 0.1) is 19.8 Å². The first kappa shape index (κ1) is 80.9. The van der Waals surface area contributed by atoms with Crippen molar-refractivity contribution in [2.75, 3.05) is 26.4 Å². The molecule has 0 aromatic rings. The van der Waals surface area contributed by atoms with Crippen molar-refractivity contribution in [1.29, 1.82) is 0 Å². The summed E-state index contributed by atoms with van der Waals surface area (Å²) in [5, 5.41) is 9.88. The Morgan fingerprint density at radius 3 is 0.952 bits per heavy atom. The normalized spacial score (nSPS) is 13.6. The second-order valence-electron chi connectivity index (χ2n) is 23.3. The predicted octanol–water partition coefficient (Wildman–Crippen LogP) is 21.6. The molecule has 0 aliphatic carbocycles. The number of hydrogen-bond donors (Lipinski definition) is 2. The number of aliphatic hydroxyl groups is 1. The van der Waals surface area contributed by atoms with Crippen molar-refractivity contribution in [3.05, 3.63) is 72.9 Å². The van der Waals surface area contributed by atoms with Crippen molar-refractivity contribution in [3.8, 4) is 0 Å².